The van der Waals surface area contributed by atoms with Crippen molar-refractivity contribution in [1.29, 1.82) is 0 Å². The molecule has 0 amide bonds. The van der Waals surface area contributed by atoms with E-state index in [2.05, 4.69) is 0 Å². The van der Waals surface area contributed by atoms with E-state index >= 15 is 0 Å². The Labute approximate surface area is 141 Å². The smallest absolute Gasteiger partial charge is 0.186 e. The molecule has 0 spiro atoms. The summed E-state index contributed by atoms with van der Waals surface area (Å²) < 4.78 is 27.5. The normalized spacial score (nSPS) is 53.1. The molecule has 0 aromatic carbocycles. The molecule has 2 aliphatic heterocycles. The van der Waals surface area contributed by atoms with Crippen molar-refractivity contribution in [2.24, 2.45) is 5.73 Å². The van der Waals surface area contributed by atoms with Gasteiger partial charge >= 0.3 is 0 Å². The van der Waals surface area contributed by atoms with Crippen LogP contribution >= 0.6 is 0 Å². The van der Waals surface area contributed by atoms with Crippen molar-refractivity contribution in [1.82, 2.24) is 0 Å². The van der Waals surface area contributed by atoms with Gasteiger partial charge in [-0.05, 0) is 20.8 Å². The number of hydrogen-bond acceptors (Lipinski definition) is 9. The van der Waals surface area contributed by atoms with Gasteiger partial charge in [-0.25, -0.2) is 0 Å². The lowest BCUT2D eigenvalue weighted by Crippen LogP contribution is -2.69. The van der Waals surface area contributed by atoms with Crippen molar-refractivity contribution in [3.8, 4) is 0 Å². The molecule has 9 heteroatoms. The van der Waals surface area contributed by atoms with Gasteiger partial charge in [0, 0.05) is 14.2 Å². The Balaban J connectivity index is 2.20. The molecule has 2 heterocycles. The fraction of sp³-hybridized carbons (Fsp3) is 1.00. The number of hydrogen-bond donors (Lipinski definition) is 4. The molecule has 0 bridgehead atoms. The van der Waals surface area contributed by atoms with Crippen LogP contribution in [0.2, 0.25) is 0 Å². The van der Waals surface area contributed by atoms with E-state index in [1.54, 1.807) is 13.8 Å². The second kappa shape index (κ2) is 7.48. The predicted molar refractivity (Wildman–Crippen MR) is 82.0 cm³/mol. The van der Waals surface area contributed by atoms with Crippen LogP contribution in [0.5, 0.6) is 0 Å². The maximum absolute atomic E-state index is 10.7. The van der Waals surface area contributed by atoms with Crippen molar-refractivity contribution in [2.45, 2.75) is 81.6 Å². The minimum absolute atomic E-state index is 0.584. The Morgan fingerprint density at radius 3 is 2.12 bits per heavy atom. The van der Waals surface area contributed by atoms with Crippen LogP contribution < -0.4 is 5.73 Å². The van der Waals surface area contributed by atoms with Crippen LogP contribution in [-0.4, -0.2) is 90.4 Å². The van der Waals surface area contributed by atoms with Crippen LogP contribution in [-0.2, 0) is 23.7 Å². The molecular formula is C15H29NO8. The number of ether oxygens (including phenoxy) is 5. The number of methoxy groups -OCH3 is 2. The summed E-state index contributed by atoms with van der Waals surface area (Å²) in [5.74, 6) is 0. The van der Waals surface area contributed by atoms with Crippen LogP contribution in [0.4, 0.5) is 0 Å². The van der Waals surface area contributed by atoms with Gasteiger partial charge in [-0.1, -0.05) is 0 Å². The maximum atomic E-state index is 10.7. The first kappa shape index (κ1) is 20.0. The van der Waals surface area contributed by atoms with Crippen LogP contribution in [0.25, 0.3) is 0 Å². The van der Waals surface area contributed by atoms with Crippen LogP contribution in [0.3, 0.4) is 0 Å². The summed E-state index contributed by atoms with van der Waals surface area (Å²) in [5, 5.41) is 31.0. The van der Waals surface area contributed by atoms with Crippen molar-refractivity contribution < 1.29 is 39.0 Å². The highest BCUT2D eigenvalue weighted by Crippen LogP contribution is 2.34. The molecule has 0 aliphatic carbocycles. The Morgan fingerprint density at radius 2 is 1.58 bits per heavy atom. The summed E-state index contributed by atoms with van der Waals surface area (Å²) >= 11 is 0. The van der Waals surface area contributed by atoms with Crippen molar-refractivity contribution in [3.63, 3.8) is 0 Å². The molecule has 2 fully saturated rings. The molecule has 2 aliphatic rings. The van der Waals surface area contributed by atoms with E-state index in [1.807, 2.05) is 0 Å². The second-order valence-corrected chi connectivity index (χ2v) is 6.65. The summed E-state index contributed by atoms with van der Waals surface area (Å²) in [6.07, 6.45) is -6.96. The van der Waals surface area contributed by atoms with Crippen molar-refractivity contribution >= 4 is 0 Å². The molecule has 2 rings (SSSR count). The maximum Gasteiger partial charge on any atom is 0.186 e. The summed E-state index contributed by atoms with van der Waals surface area (Å²) in [4.78, 5) is 0. The molecule has 0 unspecified atom stereocenters. The third-order valence-electron chi connectivity index (χ3n) is 4.86. The van der Waals surface area contributed by atoms with Crippen LogP contribution in [0.15, 0.2) is 0 Å². The van der Waals surface area contributed by atoms with E-state index in [1.165, 1.54) is 21.1 Å². The summed E-state index contributed by atoms with van der Waals surface area (Å²) in [7, 11) is 2.85. The van der Waals surface area contributed by atoms with E-state index in [4.69, 9.17) is 29.4 Å². The molecule has 24 heavy (non-hydrogen) atoms. The zero-order valence-corrected chi connectivity index (χ0v) is 14.7. The second-order valence-electron chi connectivity index (χ2n) is 6.65. The van der Waals surface area contributed by atoms with E-state index < -0.39 is 60.8 Å². The average Bonchev–Trinajstić information content (AvgIpc) is 2.53. The highest BCUT2D eigenvalue weighted by molar-refractivity contribution is 5.00. The van der Waals surface area contributed by atoms with E-state index in [-0.39, 0.29) is 0 Å². The first-order valence-electron chi connectivity index (χ1n) is 8.01. The third kappa shape index (κ3) is 3.46. The zero-order valence-electron chi connectivity index (χ0n) is 14.7. The Morgan fingerprint density at radius 1 is 1.00 bits per heavy atom. The highest BCUT2D eigenvalue weighted by Gasteiger charge is 2.55. The molecule has 0 aromatic rings. The summed E-state index contributed by atoms with van der Waals surface area (Å²) in [6, 6.07) is -0.800. The minimum Gasteiger partial charge on any atom is -0.388 e. The molecule has 0 radical (unpaired) electrons. The molecule has 0 aromatic heterocycles. The molecule has 10 atom stereocenters. The number of aliphatic hydroxyl groups excluding tert-OH is 2. The van der Waals surface area contributed by atoms with Gasteiger partial charge in [0.2, 0.25) is 0 Å². The topological polar surface area (TPSA) is 133 Å². The zero-order chi connectivity index (χ0) is 18.2. The molecule has 0 saturated carbocycles. The SMILES string of the molecule is CO[C@H]1O[C@H](C)[C@H](O)[C@](C)(O)[C@H]1O[C@H]1O[C@H](C)[C@H](O)[C@H](OC)[C@H]1N. The van der Waals surface area contributed by atoms with Gasteiger partial charge in [0.15, 0.2) is 12.6 Å². The summed E-state index contributed by atoms with van der Waals surface area (Å²) in [5.41, 5.74) is 4.43. The molecular weight excluding hydrogens is 322 g/mol. The molecule has 2 saturated heterocycles. The van der Waals surface area contributed by atoms with E-state index in [9.17, 15) is 15.3 Å². The van der Waals surface area contributed by atoms with Gasteiger partial charge in [-0.15, -0.1) is 0 Å². The van der Waals surface area contributed by atoms with Crippen molar-refractivity contribution in [2.75, 3.05) is 14.2 Å². The van der Waals surface area contributed by atoms with Gasteiger partial charge in [-0.3, -0.25) is 0 Å². The fourth-order valence-corrected chi connectivity index (χ4v) is 3.25. The lowest BCUT2D eigenvalue weighted by atomic mass is 9.86. The quantitative estimate of drug-likeness (QED) is 0.469. The van der Waals surface area contributed by atoms with Gasteiger partial charge in [0.1, 0.15) is 30.0 Å². The fourth-order valence-electron chi connectivity index (χ4n) is 3.25. The van der Waals surface area contributed by atoms with E-state index in [0.29, 0.717) is 0 Å². The minimum atomic E-state index is -1.65. The predicted octanol–water partition coefficient (Wildman–Crippen LogP) is -1.68. The first-order valence-corrected chi connectivity index (χ1v) is 8.01. The van der Waals surface area contributed by atoms with Crippen molar-refractivity contribution in [3.05, 3.63) is 0 Å². The first-order chi connectivity index (χ1) is 11.1. The monoisotopic (exact) mass is 351 g/mol. The lowest BCUT2D eigenvalue weighted by Gasteiger charge is -2.50. The standard InChI is InChI=1S/C15H29NO8/c1-6-9(17)10(20-4)8(16)13(22-6)24-12-14(21-5)23-7(2)11(18)15(12,3)19/h6-14,17-19H,16H2,1-5H3/t6-,7-,8-,9+,10-,11+,12+,13-,14+,15+/m1/s1. The average molecular weight is 351 g/mol. The van der Waals surface area contributed by atoms with E-state index in [0.717, 1.165) is 0 Å². The van der Waals surface area contributed by atoms with Gasteiger partial charge in [0.25, 0.3) is 0 Å². The Bertz CT molecular complexity index is 422. The Hall–Kier alpha value is -0.360. The van der Waals surface area contributed by atoms with Crippen LogP contribution in [0.1, 0.15) is 20.8 Å². The van der Waals surface area contributed by atoms with Gasteiger partial charge in [-0.2, -0.15) is 0 Å². The largest absolute Gasteiger partial charge is 0.388 e. The number of nitrogens with two attached hydrogens (primary N) is 1. The van der Waals surface area contributed by atoms with Gasteiger partial charge in [0.05, 0.1) is 18.2 Å². The van der Waals surface area contributed by atoms with Gasteiger partial charge < -0.3 is 44.7 Å². The molecule has 9 nitrogen and oxygen atoms in total. The van der Waals surface area contributed by atoms with Crippen LogP contribution in [0, 0.1) is 0 Å². The third-order valence-corrected chi connectivity index (χ3v) is 4.86. The summed E-state index contributed by atoms with van der Waals surface area (Å²) in [6.45, 7) is 4.73. The lowest BCUT2D eigenvalue weighted by molar-refractivity contribution is -0.365. The number of rotatable bonds is 4. The molecule has 5 N–H and O–H groups in total. The molecule has 142 valence electrons. The number of aliphatic hydroxyl groups is 3. The highest BCUT2D eigenvalue weighted by atomic mass is 16.7. The Kier molecular flexibility index (Phi) is 6.22.